The van der Waals surface area contributed by atoms with E-state index < -0.39 is 17.8 Å². The first-order valence-corrected chi connectivity index (χ1v) is 8.76. The van der Waals surface area contributed by atoms with Gasteiger partial charge in [-0.2, -0.15) is 0 Å². The van der Waals surface area contributed by atoms with Crippen LogP contribution >= 0.6 is 11.6 Å². The average Bonchev–Trinajstić information content (AvgIpc) is 2.53. The van der Waals surface area contributed by atoms with Crippen LogP contribution in [0.1, 0.15) is 27.7 Å². The van der Waals surface area contributed by atoms with Crippen LogP contribution in [0.25, 0.3) is 0 Å². The largest absolute Gasteiger partial charge is 0.495 e. The number of anilines is 1. The van der Waals surface area contributed by atoms with Crippen molar-refractivity contribution in [3.63, 3.8) is 0 Å². The van der Waals surface area contributed by atoms with Crippen LogP contribution < -0.4 is 9.64 Å². The minimum absolute atomic E-state index is 0.356. The molecule has 2 unspecified atom stereocenters. The Morgan fingerprint density at radius 2 is 2.04 bits per heavy atom. The van der Waals surface area contributed by atoms with Crippen molar-refractivity contribution in [2.45, 2.75) is 45.4 Å². The number of amides is 1. The maximum Gasteiger partial charge on any atom is 0.410 e. The van der Waals surface area contributed by atoms with Gasteiger partial charge in [0.05, 0.1) is 24.3 Å². The molecule has 1 aliphatic heterocycles. The highest BCUT2D eigenvalue weighted by molar-refractivity contribution is 6.32. The van der Waals surface area contributed by atoms with Gasteiger partial charge in [-0.3, -0.25) is 4.90 Å². The monoisotopic (exact) mass is 370 g/mol. The van der Waals surface area contributed by atoms with E-state index in [0.29, 0.717) is 30.4 Å². The summed E-state index contributed by atoms with van der Waals surface area (Å²) >= 11 is 6.09. The van der Waals surface area contributed by atoms with E-state index in [1.165, 1.54) is 0 Å². The highest BCUT2D eigenvalue weighted by Crippen LogP contribution is 2.31. The number of aliphatic hydroxyl groups is 1. The first-order chi connectivity index (χ1) is 11.6. The molecule has 1 saturated heterocycles. The third kappa shape index (κ3) is 4.92. The van der Waals surface area contributed by atoms with Crippen LogP contribution in [0.4, 0.5) is 10.5 Å². The van der Waals surface area contributed by atoms with E-state index in [9.17, 15) is 9.90 Å². The molecule has 140 valence electrons. The molecule has 7 heteroatoms. The summed E-state index contributed by atoms with van der Waals surface area (Å²) in [5.74, 6) is 0.599. The summed E-state index contributed by atoms with van der Waals surface area (Å²) in [6.07, 6.45) is -1.07. The van der Waals surface area contributed by atoms with Crippen molar-refractivity contribution in [1.82, 2.24) is 4.90 Å². The predicted molar refractivity (Wildman–Crippen MR) is 98.6 cm³/mol. The van der Waals surface area contributed by atoms with Crippen LogP contribution in [0.5, 0.6) is 5.75 Å². The fourth-order valence-corrected chi connectivity index (χ4v) is 3.04. The molecule has 0 aromatic heterocycles. The van der Waals surface area contributed by atoms with Gasteiger partial charge in [-0.25, -0.2) is 4.79 Å². The van der Waals surface area contributed by atoms with E-state index in [1.807, 2.05) is 32.9 Å². The number of rotatable bonds is 3. The Morgan fingerprint density at radius 3 is 2.60 bits per heavy atom. The molecule has 1 amide bonds. The van der Waals surface area contributed by atoms with Gasteiger partial charge in [-0.15, -0.1) is 0 Å². The van der Waals surface area contributed by atoms with Crippen molar-refractivity contribution < 1.29 is 19.4 Å². The number of nitrogens with zero attached hydrogens (tertiary/aromatic N) is 2. The molecule has 1 N–H and O–H groups in total. The second kappa shape index (κ2) is 7.70. The second-order valence-corrected chi connectivity index (χ2v) is 7.65. The first-order valence-electron chi connectivity index (χ1n) is 8.38. The summed E-state index contributed by atoms with van der Waals surface area (Å²) in [5, 5.41) is 10.7. The van der Waals surface area contributed by atoms with Crippen molar-refractivity contribution in [2.75, 3.05) is 31.6 Å². The maximum atomic E-state index is 12.5. The predicted octanol–water partition coefficient (Wildman–Crippen LogP) is 3.16. The van der Waals surface area contributed by atoms with Crippen LogP contribution in [-0.4, -0.2) is 60.6 Å². The zero-order valence-corrected chi connectivity index (χ0v) is 16.2. The van der Waals surface area contributed by atoms with Gasteiger partial charge in [0.15, 0.2) is 0 Å². The molecule has 0 radical (unpaired) electrons. The van der Waals surface area contributed by atoms with Gasteiger partial charge in [-0.05, 0) is 39.8 Å². The van der Waals surface area contributed by atoms with Gasteiger partial charge in [0, 0.05) is 31.4 Å². The molecule has 25 heavy (non-hydrogen) atoms. The Bertz CT molecular complexity index is 616. The number of piperazine rings is 1. The standard InChI is InChI=1S/C18H27ClN2O4/c1-12(22)15-11-20(13-6-7-14(19)16(10-13)24-5)8-9-21(15)17(23)25-18(2,3)4/h6-7,10,12,15,22H,8-9,11H2,1-5H3. The third-order valence-electron chi connectivity index (χ3n) is 4.10. The van der Waals surface area contributed by atoms with Gasteiger partial charge in [0.2, 0.25) is 0 Å². The van der Waals surface area contributed by atoms with Crippen molar-refractivity contribution in [2.24, 2.45) is 0 Å². The summed E-state index contributed by atoms with van der Waals surface area (Å²) in [4.78, 5) is 16.2. The summed E-state index contributed by atoms with van der Waals surface area (Å²) in [6.45, 7) is 8.79. The number of aliphatic hydroxyl groups excluding tert-OH is 1. The number of carbonyl (C=O) groups excluding carboxylic acids is 1. The summed E-state index contributed by atoms with van der Waals surface area (Å²) in [6, 6.07) is 5.20. The van der Waals surface area contributed by atoms with Crippen LogP contribution in [0.15, 0.2) is 18.2 Å². The van der Waals surface area contributed by atoms with Crippen LogP contribution in [0.3, 0.4) is 0 Å². The Hall–Kier alpha value is -1.66. The van der Waals surface area contributed by atoms with E-state index in [4.69, 9.17) is 21.1 Å². The van der Waals surface area contributed by atoms with E-state index in [-0.39, 0.29) is 6.04 Å². The minimum atomic E-state index is -0.676. The second-order valence-electron chi connectivity index (χ2n) is 7.25. The number of methoxy groups -OCH3 is 1. The highest BCUT2D eigenvalue weighted by atomic mass is 35.5. The molecule has 2 rings (SSSR count). The zero-order valence-electron chi connectivity index (χ0n) is 15.5. The zero-order chi connectivity index (χ0) is 18.8. The SMILES string of the molecule is COc1cc(N2CCN(C(=O)OC(C)(C)C)C(C(C)O)C2)ccc1Cl. The number of halogens is 1. The molecule has 0 saturated carbocycles. The molecule has 0 bridgehead atoms. The van der Waals surface area contributed by atoms with E-state index in [2.05, 4.69) is 4.90 Å². The summed E-state index contributed by atoms with van der Waals surface area (Å²) in [5.41, 5.74) is 0.372. The molecular formula is C18H27ClN2O4. The molecule has 1 fully saturated rings. The number of hydrogen-bond acceptors (Lipinski definition) is 5. The lowest BCUT2D eigenvalue weighted by Crippen LogP contribution is -2.59. The Morgan fingerprint density at radius 1 is 1.36 bits per heavy atom. The quantitative estimate of drug-likeness (QED) is 0.885. The van der Waals surface area contributed by atoms with Crippen molar-refractivity contribution in [3.8, 4) is 5.75 Å². The molecule has 1 aromatic carbocycles. The molecule has 1 heterocycles. The lowest BCUT2D eigenvalue weighted by atomic mass is 10.1. The van der Waals surface area contributed by atoms with Gasteiger partial charge < -0.3 is 19.5 Å². The first kappa shape index (κ1) is 19.7. The highest BCUT2D eigenvalue weighted by Gasteiger charge is 2.36. The van der Waals surface area contributed by atoms with E-state index in [1.54, 1.807) is 25.0 Å². The summed E-state index contributed by atoms with van der Waals surface area (Å²) in [7, 11) is 1.57. The molecule has 1 aliphatic rings. The molecule has 0 aliphatic carbocycles. The molecule has 0 spiro atoms. The Kier molecular flexibility index (Phi) is 6.06. The average molecular weight is 371 g/mol. The van der Waals surface area contributed by atoms with Gasteiger partial charge in [-0.1, -0.05) is 11.6 Å². The van der Waals surface area contributed by atoms with E-state index in [0.717, 1.165) is 5.69 Å². The summed E-state index contributed by atoms with van der Waals surface area (Å²) < 4.78 is 10.7. The molecule has 6 nitrogen and oxygen atoms in total. The van der Waals surface area contributed by atoms with Crippen LogP contribution in [0, 0.1) is 0 Å². The van der Waals surface area contributed by atoms with Crippen molar-refractivity contribution in [3.05, 3.63) is 23.2 Å². The smallest absolute Gasteiger partial charge is 0.410 e. The molecular weight excluding hydrogens is 344 g/mol. The van der Waals surface area contributed by atoms with Gasteiger partial charge in [0.25, 0.3) is 0 Å². The number of hydrogen-bond donors (Lipinski definition) is 1. The number of ether oxygens (including phenoxy) is 2. The third-order valence-corrected chi connectivity index (χ3v) is 4.42. The molecule has 2 atom stereocenters. The lowest BCUT2D eigenvalue weighted by molar-refractivity contribution is -0.00557. The number of benzene rings is 1. The lowest BCUT2D eigenvalue weighted by Gasteiger charge is -2.43. The van der Waals surface area contributed by atoms with Crippen molar-refractivity contribution in [1.29, 1.82) is 0 Å². The van der Waals surface area contributed by atoms with Gasteiger partial charge in [0.1, 0.15) is 11.4 Å². The maximum absolute atomic E-state index is 12.5. The van der Waals surface area contributed by atoms with E-state index >= 15 is 0 Å². The van der Waals surface area contributed by atoms with Gasteiger partial charge >= 0.3 is 6.09 Å². The Labute approximate surface area is 154 Å². The Balaban J connectivity index is 2.17. The normalized spacial score (nSPS) is 19.6. The fraction of sp³-hybridized carbons (Fsp3) is 0.611. The minimum Gasteiger partial charge on any atom is -0.495 e. The van der Waals surface area contributed by atoms with Crippen molar-refractivity contribution >= 4 is 23.4 Å². The topological polar surface area (TPSA) is 62.2 Å². The van der Waals surface area contributed by atoms with Crippen LogP contribution in [-0.2, 0) is 4.74 Å². The number of carbonyl (C=O) groups is 1. The molecule has 1 aromatic rings. The fourth-order valence-electron chi connectivity index (χ4n) is 2.85. The van der Waals surface area contributed by atoms with Crippen LogP contribution in [0.2, 0.25) is 5.02 Å².